The van der Waals surface area contributed by atoms with Crippen LogP contribution >= 0.6 is 0 Å². The lowest BCUT2D eigenvalue weighted by molar-refractivity contribution is -0.137. The van der Waals surface area contributed by atoms with Crippen LogP contribution < -0.4 is 0 Å². The Morgan fingerprint density at radius 2 is 0.766 bits per heavy atom. The van der Waals surface area contributed by atoms with E-state index in [1.54, 1.807) is 42.5 Å². The Kier molecular flexibility index (Phi) is 9.06. The zero-order chi connectivity index (χ0) is 44.3. The molecule has 10 heteroatoms. The molecule has 64 heavy (non-hydrogen) atoms. The van der Waals surface area contributed by atoms with E-state index < -0.39 is 11.7 Å². The van der Waals surface area contributed by atoms with Crippen LogP contribution in [0.5, 0.6) is 0 Å². The second kappa shape index (κ2) is 14.9. The third kappa shape index (κ3) is 6.26. The Labute approximate surface area is 363 Å². The lowest BCUT2D eigenvalue weighted by atomic mass is 9.95. The second-order valence-electron chi connectivity index (χ2n) is 15.3. The minimum Gasteiger partial charge on any atom is -0.308 e. The third-order valence-corrected chi connectivity index (χ3v) is 11.6. The van der Waals surface area contributed by atoms with Crippen LogP contribution in [0.4, 0.5) is 13.2 Å². The number of nitriles is 5. The fraction of sp³-hybridized carbons (Fsp3) is 0.0185. The first-order valence-electron chi connectivity index (χ1n) is 19.9. The van der Waals surface area contributed by atoms with Gasteiger partial charge in [-0.15, -0.1) is 0 Å². The zero-order valence-corrected chi connectivity index (χ0v) is 33.3. The molecular formula is C54H26F3N7. The average Bonchev–Trinajstić information content (AvgIpc) is 3.84. The molecule has 0 aliphatic heterocycles. The summed E-state index contributed by atoms with van der Waals surface area (Å²) < 4.78 is 48.4. The molecule has 0 atom stereocenters. The van der Waals surface area contributed by atoms with Crippen LogP contribution in [0.2, 0.25) is 0 Å². The maximum Gasteiger partial charge on any atom is 0.417 e. The first kappa shape index (κ1) is 38.8. The minimum atomic E-state index is -4.69. The molecule has 0 unspecified atom stereocenters. The molecule has 7 nitrogen and oxygen atoms in total. The maximum absolute atomic E-state index is 14.9. The standard InChI is InChI=1S/C54H26F3N7/c55-54(56,57)47-10-4-1-7-41(47)40-25-52(63-48-11-5-2-8-42(48)44-23-36(13-15-50(44)63)38-19-32(27-58)17-33(20-38)28-59)46(31-62)53(26-40)64-49-12-6-3-9-43(49)45-24-37(14-16-51(45)64)39-21-34(29-60)18-35(22-39)30-61/h1-26H. The molecule has 0 bridgehead atoms. The monoisotopic (exact) mass is 829 g/mol. The minimum absolute atomic E-state index is 0.0653. The van der Waals surface area contributed by atoms with Crippen molar-refractivity contribution in [2.45, 2.75) is 6.18 Å². The van der Waals surface area contributed by atoms with Crippen molar-refractivity contribution in [3.05, 3.63) is 191 Å². The lowest BCUT2D eigenvalue weighted by Gasteiger charge is -2.20. The topological polar surface area (TPSA) is 129 Å². The number of nitrogens with zero attached hydrogens (tertiary/aromatic N) is 7. The Bertz CT molecular complexity index is 3570. The first-order chi connectivity index (χ1) is 31.1. The number of fused-ring (bicyclic) bond motifs is 6. The molecule has 0 N–H and O–H groups in total. The van der Waals surface area contributed by atoms with Gasteiger partial charge in [-0.25, -0.2) is 0 Å². The van der Waals surface area contributed by atoms with Gasteiger partial charge in [-0.3, -0.25) is 0 Å². The number of benzene rings is 8. The Morgan fingerprint density at radius 3 is 1.19 bits per heavy atom. The number of para-hydroxylation sites is 2. The number of rotatable bonds is 5. The fourth-order valence-electron chi connectivity index (χ4n) is 8.89. The molecule has 0 spiro atoms. The van der Waals surface area contributed by atoms with Crippen molar-refractivity contribution in [1.29, 1.82) is 26.3 Å². The summed E-state index contributed by atoms with van der Waals surface area (Å²) in [5.74, 6) is 0. The Morgan fingerprint density at radius 1 is 0.359 bits per heavy atom. The molecule has 2 heterocycles. The summed E-state index contributed by atoms with van der Waals surface area (Å²) in [4.78, 5) is 0. The Hall–Kier alpha value is -9.40. The average molecular weight is 830 g/mol. The van der Waals surface area contributed by atoms with E-state index in [-0.39, 0.29) is 16.7 Å². The van der Waals surface area contributed by atoms with Gasteiger partial charge in [-0.1, -0.05) is 66.7 Å². The molecule has 10 aromatic rings. The summed E-state index contributed by atoms with van der Waals surface area (Å²) in [5.41, 5.74) is 7.14. The molecule has 0 aliphatic carbocycles. The smallest absolute Gasteiger partial charge is 0.308 e. The van der Waals surface area contributed by atoms with E-state index in [9.17, 15) is 39.5 Å². The normalized spacial score (nSPS) is 11.3. The fourth-order valence-corrected chi connectivity index (χ4v) is 8.89. The van der Waals surface area contributed by atoms with Crippen molar-refractivity contribution >= 4 is 43.6 Å². The highest BCUT2D eigenvalue weighted by atomic mass is 19.4. The van der Waals surface area contributed by atoms with Crippen molar-refractivity contribution < 1.29 is 13.2 Å². The van der Waals surface area contributed by atoms with E-state index in [0.29, 0.717) is 66.8 Å². The largest absolute Gasteiger partial charge is 0.417 e. The van der Waals surface area contributed by atoms with Crippen LogP contribution in [0.1, 0.15) is 33.4 Å². The number of alkyl halides is 3. The van der Waals surface area contributed by atoms with E-state index in [0.717, 1.165) is 38.7 Å². The predicted octanol–water partition coefficient (Wildman–Crippen LogP) is 13.3. The number of hydrogen-bond acceptors (Lipinski definition) is 5. The molecule has 0 aliphatic rings. The van der Waals surface area contributed by atoms with E-state index in [4.69, 9.17) is 0 Å². The number of aromatic nitrogens is 2. The van der Waals surface area contributed by atoms with Crippen molar-refractivity contribution in [1.82, 2.24) is 9.13 Å². The summed E-state index contributed by atoms with van der Waals surface area (Å²) in [6.45, 7) is 0. The highest BCUT2D eigenvalue weighted by molar-refractivity contribution is 6.12. The van der Waals surface area contributed by atoms with Gasteiger partial charge in [0, 0.05) is 21.5 Å². The molecule has 8 aromatic carbocycles. The molecular weight excluding hydrogens is 804 g/mol. The van der Waals surface area contributed by atoms with Gasteiger partial charge in [0.2, 0.25) is 0 Å². The van der Waals surface area contributed by atoms with Gasteiger partial charge in [0.15, 0.2) is 0 Å². The van der Waals surface area contributed by atoms with E-state index in [2.05, 4.69) is 30.3 Å². The van der Waals surface area contributed by atoms with E-state index >= 15 is 0 Å². The maximum atomic E-state index is 14.9. The van der Waals surface area contributed by atoms with Crippen molar-refractivity contribution in [3.63, 3.8) is 0 Å². The van der Waals surface area contributed by atoms with E-state index in [1.807, 2.05) is 94.1 Å². The Balaban J connectivity index is 1.30. The summed E-state index contributed by atoms with van der Waals surface area (Å²) in [7, 11) is 0. The van der Waals surface area contributed by atoms with Crippen LogP contribution in [-0.2, 0) is 6.18 Å². The van der Waals surface area contributed by atoms with Crippen LogP contribution in [-0.4, -0.2) is 9.13 Å². The highest BCUT2D eigenvalue weighted by Crippen LogP contribution is 2.44. The van der Waals surface area contributed by atoms with Crippen molar-refractivity contribution in [2.75, 3.05) is 0 Å². The lowest BCUT2D eigenvalue weighted by Crippen LogP contribution is -2.09. The summed E-state index contributed by atoms with van der Waals surface area (Å²) in [5, 5.41) is 53.4. The third-order valence-electron chi connectivity index (χ3n) is 11.6. The highest BCUT2D eigenvalue weighted by Gasteiger charge is 2.34. The predicted molar refractivity (Wildman–Crippen MR) is 240 cm³/mol. The van der Waals surface area contributed by atoms with Crippen LogP contribution in [0, 0.1) is 56.7 Å². The van der Waals surface area contributed by atoms with Gasteiger partial charge in [0.25, 0.3) is 0 Å². The van der Waals surface area contributed by atoms with Crippen LogP contribution in [0.25, 0.3) is 88.4 Å². The molecule has 10 rings (SSSR count). The summed E-state index contributed by atoms with van der Waals surface area (Å²) in [6, 6.07) is 56.1. The number of halogens is 3. The second-order valence-corrected chi connectivity index (χ2v) is 15.3. The van der Waals surface area contributed by atoms with Crippen LogP contribution in [0.15, 0.2) is 158 Å². The number of hydrogen-bond donors (Lipinski definition) is 0. The quantitative estimate of drug-likeness (QED) is 0.171. The molecule has 0 radical (unpaired) electrons. The van der Waals surface area contributed by atoms with Gasteiger partial charge in [-0.2, -0.15) is 39.5 Å². The van der Waals surface area contributed by atoms with Gasteiger partial charge in [0.05, 0.1) is 85.5 Å². The van der Waals surface area contributed by atoms with Gasteiger partial charge < -0.3 is 9.13 Å². The van der Waals surface area contributed by atoms with E-state index in [1.165, 1.54) is 24.3 Å². The molecule has 2 aromatic heterocycles. The van der Waals surface area contributed by atoms with Crippen molar-refractivity contribution in [2.24, 2.45) is 0 Å². The SMILES string of the molecule is N#Cc1cc(C#N)cc(-c2ccc3c(c2)c2ccccc2n3-c2cc(-c3ccccc3C(F)(F)F)cc(-n3c4ccccc4c4cc(-c5cc(C#N)cc(C#N)c5)ccc43)c2C#N)c1. The molecule has 0 amide bonds. The van der Waals surface area contributed by atoms with Gasteiger partial charge in [-0.05, 0) is 124 Å². The summed E-state index contributed by atoms with van der Waals surface area (Å²) >= 11 is 0. The molecule has 298 valence electrons. The molecule has 0 saturated heterocycles. The molecule has 0 saturated carbocycles. The summed E-state index contributed by atoms with van der Waals surface area (Å²) in [6.07, 6.45) is -4.69. The van der Waals surface area contributed by atoms with Crippen LogP contribution in [0.3, 0.4) is 0 Å². The molecule has 0 fully saturated rings. The van der Waals surface area contributed by atoms with Gasteiger partial charge in [0.1, 0.15) is 11.6 Å². The van der Waals surface area contributed by atoms with Gasteiger partial charge >= 0.3 is 6.18 Å². The van der Waals surface area contributed by atoms with Crippen molar-refractivity contribution in [3.8, 4) is 75.1 Å². The zero-order valence-electron chi connectivity index (χ0n) is 33.3. The first-order valence-corrected chi connectivity index (χ1v) is 19.9.